The van der Waals surface area contributed by atoms with Crippen molar-refractivity contribution in [1.82, 2.24) is 0 Å². The first-order chi connectivity index (χ1) is 16.3. The SMILES string of the molecule is O=C(/C=C/c1ccc(Cl)cc1)Oc1c(Br)cc(Br)cc1/C=C1\N=C(c2ccc(Cl)cc2)OC1=O. The van der Waals surface area contributed by atoms with Gasteiger partial charge >= 0.3 is 11.9 Å². The number of aliphatic imine (C=N–C) groups is 1. The van der Waals surface area contributed by atoms with Crippen LogP contribution in [0.15, 0.2) is 86.4 Å². The average molecular weight is 622 g/mol. The average Bonchev–Trinajstić information content (AvgIpc) is 3.16. The predicted octanol–water partition coefficient (Wildman–Crippen LogP) is 7.48. The number of hydrogen-bond acceptors (Lipinski definition) is 5. The molecule has 0 aliphatic carbocycles. The molecule has 4 rings (SSSR count). The van der Waals surface area contributed by atoms with E-state index in [2.05, 4.69) is 36.9 Å². The third-order valence-electron chi connectivity index (χ3n) is 4.53. The van der Waals surface area contributed by atoms with E-state index in [9.17, 15) is 9.59 Å². The molecule has 0 saturated carbocycles. The van der Waals surface area contributed by atoms with E-state index >= 15 is 0 Å². The van der Waals surface area contributed by atoms with Crippen molar-refractivity contribution in [2.45, 2.75) is 0 Å². The topological polar surface area (TPSA) is 65.0 Å². The van der Waals surface area contributed by atoms with Crippen molar-refractivity contribution in [3.63, 3.8) is 0 Å². The van der Waals surface area contributed by atoms with Crippen LogP contribution in [0.3, 0.4) is 0 Å². The zero-order valence-electron chi connectivity index (χ0n) is 17.1. The lowest BCUT2D eigenvalue weighted by Crippen LogP contribution is -2.06. The molecule has 0 fully saturated rings. The molecule has 0 aromatic heterocycles. The van der Waals surface area contributed by atoms with Crippen molar-refractivity contribution >= 4 is 85.1 Å². The van der Waals surface area contributed by atoms with Crippen LogP contribution >= 0.6 is 55.1 Å². The maximum Gasteiger partial charge on any atom is 0.363 e. The van der Waals surface area contributed by atoms with Crippen LogP contribution in [0.4, 0.5) is 0 Å². The van der Waals surface area contributed by atoms with Crippen molar-refractivity contribution in [3.8, 4) is 5.75 Å². The molecule has 0 unspecified atom stereocenters. The summed E-state index contributed by atoms with van der Waals surface area (Å²) in [5, 5.41) is 1.16. The van der Waals surface area contributed by atoms with Crippen LogP contribution in [0.25, 0.3) is 12.2 Å². The molecule has 0 amide bonds. The smallest absolute Gasteiger partial charge is 0.363 e. The fraction of sp³-hybridized carbons (Fsp3) is 0. The van der Waals surface area contributed by atoms with Crippen molar-refractivity contribution in [2.75, 3.05) is 0 Å². The molecular formula is C25H13Br2Cl2NO4. The number of benzene rings is 3. The van der Waals surface area contributed by atoms with Crippen LogP contribution in [-0.2, 0) is 14.3 Å². The highest BCUT2D eigenvalue weighted by molar-refractivity contribution is 9.11. The molecule has 3 aromatic rings. The quantitative estimate of drug-likeness (QED) is 0.168. The highest BCUT2D eigenvalue weighted by atomic mass is 79.9. The van der Waals surface area contributed by atoms with Crippen LogP contribution < -0.4 is 4.74 Å². The maximum absolute atomic E-state index is 12.5. The molecule has 0 radical (unpaired) electrons. The third kappa shape index (κ3) is 6.04. The number of carbonyl (C=O) groups excluding carboxylic acids is 2. The van der Waals surface area contributed by atoms with Gasteiger partial charge in [0.05, 0.1) is 4.47 Å². The summed E-state index contributed by atoms with van der Waals surface area (Å²) in [5.74, 6) is -0.839. The molecule has 170 valence electrons. The third-order valence-corrected chi connectivity index (χ3v) is 6.08. The molecule has 1 aliphatic heterocycles. The van der Waals surface area contributed by atoms with Gasteiger partial charge in [-0.15, -0.1) is 0 Å². The van der Waals surface area contributed by atoms with E-state index in [1.165, 1.54) is 12.2 Å². The standard InChI is InChI=1S/C25H13Br2Cl2NO4/c26-17-11-16(12-21-25(32)34-24(30-21)15-4-8-19(29)9-5-15)23(20(27)13-17)33-22(31)10-3-14-1-6-18(28)7-2-14/h1-13H/b10-3+,21-12-. The number of hydrogen-bond donors (Lipinski definition) is 0. The van der Waals surface area contributed by atoms with E-state index in [-0.39, 0.29) is 17.3 Å². The molecule has 9 heteroatoms. The number of esters is 2. The second-order valence-corrected chi connectivity index (χ2v) is 9.60. The molecule has 0 N–H and O–H groups in total. The Morgan fingerprint density at radius 1 is 0.971 bits per heavy atom. The number of rotatable bonds is 5. The molecule has 34 heavy (non-hydrogen) atoms. The summed E-state index contributed by atoms with van der Waals surface area (Å²) in [5.41, 5.74) is 1.90. The Morgan fingerprint density at radius 2 is 1.62 bits per heavy atom. The predicted molar refractivity (Wildman–Crippen MR) is 140 cm³/mol. The van der Waals surface area contributed by atoms with E-state index in [4.69, 9.17) is 32.7 Å². The van der Waals surface area contributed by atoms with E-state index in [0.717, 1.165) is 5.56 Å². The van der Waals surface area contributed by atoms with Crippen LogP contribution in [0.5, 0.6) is 5.75 Å². The summed E-state index contributed by atoms with van der Waals surface area (Å²) >= 11 is 18.6. The minimum Gasteiger partial charge on any atom is -0.422 e. The van der Waals surface area contributed by atoms with Crippen LogP contribution in [0, 0.1) is 0 Å². The summed E-state index contributed by atoms with van der Waals surface area (Å²) in [6, 6.07) is 17.2. The number of carbonyl (C=O) groups is 2. The first-order valence-electron chi connectivity index (χ1n) is 9.71. The number of halogens is 4. The number of ether oxygens (including phenoxy) is 2. The molecule has 0 saturated heterocycles. The van der Waals surface area contributed by atoms with Gasteiger partial charge in [-0.05, 0) is 82.2 Å². The van der Waals surface area contributed by atoms with E-state index in [0.29, 0.717) is 30.1 Å². The van der Waals surface area contributed by atoms with Crippen molar-refractivity contribution < 1.29 is 19.1 Å². The lowest BCUT2D eigenvalue weighted by Gasteiger charge is -2.09. The minimum atomic E-state index is -0.624. The van der Waals surface area contributed by atoms with Crippen molar-refractivity contribution in [2.24, 2.45) is 4.99 Å². The highest BCUT2D eigenvalue weighted by Gasteiger charge is 2.25. The van der Waals surface area contributed by atoms with Gasteiger partial charge in [-0.1, -0.05) is 51.3 Å². The molecule has 0 bridgehead atoms. The van der Waals surface area contributed by atoms with E-state index in [1.807, 2.05) is 0 Å². The Kier molecular flexibility index (Phi) is 7.68. The summed E-state index contributed by atoms with van der Waals surface area (Å²) in [6.45, 7) is 0. The fourth-order valence-electron chi connectivity index (χ4n) is 2.94. The van der Waals surface area contributed by atoms with Gasteiger partial charge in [0.1, 0.15) is 0 Å². The summed E-state index contributed by atoms with van der Waals surface area (Å²) < 4.78 is 12.1. The lowest BCUT2D eigenvalue weighted by molar-refractivity contribution is -0.130. The number of cyclic esters (lactones) is 1. The molecule has 1 heterocycles. The Balaban J connectivity index is 1.62. The van der Waals surface area contributed by atoms with Gasteiger partial charge in [0.15, 0.2) is 11.4 Å². The molecule has 1 aliphatic rings. The highest BCUT2D eigenvalue weighted by Crippen LogP contribution is 2.35. The first kappa shape index (κ1) is 24.4. The van der Waals surface area contributed by atoms with Crippen LogP contribution in [0.2, 0.25) is 10.0 Å². The Bertz CT molecular complexity index is 1360. The normalized spacial score (nSPS) is 14.4. The van der Waals surface area contributed by atoms with Gasteiger partial charge in [0.25, 0.3) is 0 Å². The molecule has 5 nitrogen and oxygen atoms in total. The first-order valence-corrected chi connectivity index (χ1v) is 12.1. The monoisotopic (exact) mass is 619 g/mol. The summed E-state index contributed by atoms with van der Waals surface area (Å²) in [7, 11) is 0. The van der Waals surface area contributed by atoms with Gasteiger partial charge in [0, 0.05) is 31.7 Å². The fourth-order valence-corrected chi connectivity index (χ4v) is 4.53. The zero-order chi connectivity index (χ0) is 24.2. The molecule has 0 spiro atoms. The zero-order valence-corrected chi connectivity index (χ0v) is 21.8. The Morgan fingerprint density at radius 3 is 2.29 bits per heavy atom. The maximum atomic E-state index is 12.5. The van der Waals surface area contributed by atoms with Crippen molar-refractivity contribution in [3.05, 3.63) is 108 Å². The summed E-state index contributed by atoms with van der Waals surface area (Å²) in [4.78, 5) is 29.2. The van der Waals surface area contributed by atoms with Crippen LogP contribution in [0.1, 0.15) is 16.7 Å². The van der Waals surface area contributed by atoms with Gasteiger partial charge < -0.3 is 9.47 Å². The van der Waals surface area contributed by atoms with Crippen molar-refractivity contribution in [1.29, 1.82) is 0 Å². The van der Waals surface area contributed by atoms with Gasteiger partial charge in [-0.3, -0.25) is 0 Å². The van der Waals surface area contributed by atoms with E-state index < -0.39 is 11.9 Å². The van der Waals surface area contributed by atoms with Gasteiger partial charge in [-0.25, -0.2) is 14.6 Å². The molecule has 0 atom stereocenters. The van der Waals surface area contributed by atoms with Crippen LogP contribution in [-0.4, -0.2) is 17.8 Å². The Labute approximate surface area is 222 Å². The molecular weight excluding hydrogens is 609 g/mol. The molecule has 3 aromatic carbocycles. The van der Waals surface area contributed by atoms with E-state index in [1.54, 1.807) is 66.7 Å². The van der Waals surface area contributed by atoms with Gasteiger partial charge in [-0.2, -0.15) is 0 Å². The second-order valence-electron chi connectivity index (χ2n) is 6.95. The largest absolute Gasteiger partial charge is 0.422 e. The minimum absolute atomic E-state index is 0.0592. The number of nitrogens with zero attached hydrogens (tertiary/aromatic N) is 1. The Hall–Kier alpha value is -2.71. The second kappa shape index (κ2) is 10.7. The lowest BCUT2D eigenvalue weighted by atomic mass is 10.1. The van der Waals surface area contributed by atoms with Gasteiger partial charge in [0.2, 0.25) is 5.90 Å². The summed E-state index contributed by atoms with van der Waals surface area (Å²) in [6.07, 6.45) is 4.40.